The predicted molar refractivity (Wildman–Crippen MR) is 59.5 cm³/mol. The van der Waals surface area contributed by atoms with E-state index in [4.69, 9.17) is 5.11 Å². The van der Waals surface area contributed by atoms with Crippen molar-refractivity contribution in [3.05, 3.63) is 0 Å². The van der Waals surface area contributed by atoms with Crippen molar-refractivity contribution in [3.63, 3.8) is 0 Å². The molecule has 0 aromatic rings. The van der Waals surface area contributed by atoms with E-state index in [0.717, 1.165) is 25.9 Å². The van der Waals surface area contributed by atoms with E-state index in [1.54, 1.807) is 0 Å². The van der Waals surface area contributed by atoms with Crippen molar-refractivity contribution in [2.75, 3.05) is 26.7 Å². The van der Waals surface area contributed by atoms with Crippen LogP contribution in [-0.2, 0) is 4.79 Å². The zero-order chi connectivity index (χ0) is 11.3. The Balaban J connectivity index is 2.36. The summed E-state index contributed by atoms with van der Waals surface area (Å²) < 4.78 is 0. The normalized spacial score (nSPS) is 24.9. The van der Waals surface area contributed by atoms with Gasteiger partial charge < -0.3 is 15.3 Å². The maximum atomic E-state index is 11.7. The molecule has 1 amide bonds. The van der Waals surface area contributed by atoms with Crippen LogP contribution in [0, 0.1) is 5.92 Å². The lowest BCUT2D eigenvalue weighted by molar-refractivity contribution is -0.127. The molecule has 0 spiro atoms. The molecule has 0 radical (unpaired) electrons. The van der Waals surface area contributed by atoms with E-state index in [9.17, 15) is 4.79 Å². The summed E-state index contributed by atoms with van der Waals surface area (Å²) in [6.07, 6.45) is 2.89. The van der Waals surface area contributed by atoms with E-state index in [0.29, 0.717) is 6.42 Å². The first-order valence-electron chi connectivity index (χ1n) is 5.77. The van der Waals surface area contributed by atoms with Crippen LogP contribution >= 0.6 is 0 Å². The van der Waals surface area contributed by atoms with Crippen molar-refractivity contribution in [1.82, 2.24) is 10.2 Å². The molecule has 4 heteroatoms. The summed E-state index contributed by atoms with van der Waals surface area (Å²) >= 11 is 0. The van der Waals surface area contributed by atoms with Gasteiger partial charge in [0.1, 0.15) is 0 Å². The molecule has 1 aliphatic heterocycles. The number of likely N-dealkylation sites (N-methyl/N-ethyl adjacent to an activating group) is 1. The number of aliphatic hydroxyl groups is 1. The Bertz CT molecular complexity index is 205. The van der Waals surface area contributed by atoms with Gasteiger partial charge in [-0.25, -0.2) is 0 Å². The molecule has 2 unspecified atom stereocenters. The van der Waals surface area contributed by atoms with Crippen LogP contribution in [0.3, 0.4) is 0 Å². The smallest absolute Gasteiger partial charge is 0.225 e. The minimum atomic E-state index is -0.239. The first-order chi connectivity index (χ1) is 7.17. The zero-order valence-corrected chi connectivity index (χ0v) is 9.70. The fourth-order valence-corrected chi connectivity index (χ4v) is 2.00. The summed E-state index contributed by atoms with van der Waals surface area (Å²) in [6.45, 7) is 3.91. The summed E-state index contributed by atoms with van der Waals surface area (Å²) in [5.74, 6) is -0.238. The molecule has 1 saturated heterocycles. The van der Waals surface area contributed by atoms with Gasteiger partial charge in [-0.3, -0.25) is 4.79 Å². The molecule has 15 heavy (non-hydrogen) atoms. The molecule has 1 fully saturated rings. The van der Waals surface area contributed by atoms with Gasteiger partial charge in [-0.05, 0) is 32.9 Å². The number of carbonyl (C=O) groups excluding carboxylic acids is 1. The quantitative estimate of drug-likeness (QED) is 0.703. The summed E-state index contributed by atoms with van der Waals surface area (Å²) in [7, 11) is 2.07. The Hall–Kier alpha value is -0.610. The van der Waals surface area contributed by atoms with E-state index in [1.165, 1.54) is 0 Å². The second kappa shape index (κ2) is 6.08. The summed E-state index contributed by atoms with van der Waals surface area (Å²) in [6, 6.07) is 0.261. The summed E-state index contributed by atoms with van der Waals surface area (Å²) in [5.41, 5.74) is 0. The number of hydrogen-bond donors (Lipinski definition) is 2. The standard InChI is InChI=1S/C11H22N2O2/c1-3-9(8-14)11(15)12-10-5-4-6-13(2)7-10/h9-10,14H,3-8H2,1-2H3,(H,12,15). The minimum absolute atomic E-state index is 0.000278. The van der Waals surface area contributed by atoms with E-state index < -0.39 is 0 Å². The zero-order valence-electron chi connectivity index (χ0n) is 9.70. The molecule has 1 heterocycles. The van der Waals surface area contributed by atoms with Gasteiger partial charge in [-0.2, -0.15) is 0 Å². The minimum Gasteiger partial charge on any atom is -0.396 e. The predicted octanol–water partition coefficient (Wildman–Crippen LogP) is 0.215. The van der Waals surface area contributed by atoms with Crippen LogP contribution in [0.2, 0.25) is 0 Å². The van der Waals surface area contributed by atoms with Crippen LogP contribution in [0.25, 0.3) is 0 Å². The highest BCUT2D eigenvalue weighted by atomic mass is 16.3. The topological polar surface area (TPSA) is 52.6 Å². The molecular formula is C11H22N2O2. The number of amides is 1. The fourth-order valence-electron chi connectivity index (χ4n) is 2.00. The molecule has 4 nitrogen and oxygen atoms in total. The summed E-state index contributed by atoms with van der Waals surface area (Å²) in [5, 5.41) is 12.0. The van der Waals surface area contributed by atoms with Gasteiger partial charge in [-0.1, -0.05) is 6.92 Å². The third-order valence-corrected chi connectivity index (χ3v) is 3.05. The van der Waals surface area contributed by atoms with Gasteiger partial charge in [0.2, 0.25) is 5.91 Å². The molecule has 0 aliphatic carbocycles. The van der Waals surface area contributed by atoms with Crippen molar-refractivity contribution in [1.29, 1.82) is 0 Å². The molecule has 0 aromatic carbocycles. The van der Waals surface area contributed by atoms with Gasteiger partial charge in [0.05, 0.1) is 12.5 Å². The van der Waals surface area contributed by atoms with Crippen LogP contribution in [0.15, 0.2) is 0 Å². The average molecular weight is 214 g/mol. The Labute approximate surface area is 91.6 Å². The number of aliphatic hydroxyl groups excluding tert-OH is 1. The van der Waals surface area contributed by atoms with Gasteiger partial charge in [0.15, 0.2) is 0 Å². The Morgan fingerprint density at radius 1 is 1.67 bits per heavy atom. The Morgan fingerprint density at radius 3 is 2.93 bits per heavy atom. The molecule has 88 valence electrons. The first kappa shape index (κ1) is 12.5. The van der Waals surface area contributed by atoms with Gasteiger partial charge in [0, 0.05) is 12.6 Å². The maximum Gasteiger partial charge on any atom is 0.225 e. The largest absolute Gasteiger partial charge is 0.396 e. The highest BCUT2D eigenvalue weighted by Gasteiger charge is 2.22. The van der Waals surface area contributed by atoms with Crippen molar-refractivity contribution >= 4 is 5.91 Å². The summed E-state index contributed by atoms with van der Waals surface area (Å²) in [4.78, 5) is 13.9. The van der Waals surface area contributed by atoms with Crippen LogP contribution in [-0.4, -0.2) is 48.7 Å². The SMILES string of the molecule is CCC(CO)C(=O)NC1CCCN(C)C1. The lowest BCUT2D eigenvalue weighted by Gasteiger charge is -2.31. The molecule has 2 N–H and O–H groups in total. The molecule has 0 bridgehead atoms. The second-order valence-electron chi connectivity index (χ2n) is 4.40. The van der Waals surface area contributed by atoms with E-state index >= 15 is 0 Å². The fraction of sp³-hybridized carbons (Fsp3) is 0.909. The first-order valence-corrected chi connectivity index (χ1v) is 5.77. The van der Waals surface area contributed by atoms with E-state index in [2.05, 4.69) is 17.3 Å². The van der Waals surface area contributed by atoms with E-state index in [-0.39, 0.29) is 24.5 Å². The molecular weight excluding hydrogens is 192 g/mol. The van der Waals surface area contributed by atoms with Crippen LogP contribution in [0.4, 0.5) is 0 Å². The van der Waals surface area contributed by atoms with Gasteiger partial charge in [-0.15, -0.1) is 0 Å². The van der Waals surface area contributed by atoms with Crippen molar-refractivity contribution in [3.8, 4) is 0 Å². The number of nitrogens with one attached hydrogen (secondary N) is 1. The van der Waals surface area contributed by atoms with Gasteiger partial charge >= 0.3 is 0 Å². The highest BCUT2D eigenvalue weighted by Crippen LogP contribution is 2.09. The number of rotatable bonds is 4. The third kappa shape index (κ3) is 3.80. The van der Waals surface area contributed by atoms with Crippen molar-refractivity contribution < 1.29 is 9.90 Å². The van der Waals surface area contributed by atoms with Crippen LogP contribution in [0.5, 0.6) is 0 Å². The molecule has 1 aliphatic rings. The van der Waals surface area contributed by atoms with Crippen molar-refractivity contribution in [2.45, 2.75) is 32.2 Å². The lowest BCUT2D eigenvalue weighted by Crippen LogP contribution is -2.48. The number of likely N-dealkylation sites (tertiary alicyclic amines) is 1. The second-order valence-corrected chi connectivity index (χ2v) is 4.40. The average Bonchev–Trinajstić information content (AvgIpc) is 2.19. The highest BCUT2D eigenvalue weighted by molar-refractivity contribution is 5.79. The third-order valence-electron chi connectivity index (χ3n) is 3.05. The number of nitrogens with zero attached hydrogens (tertiary/aromatic N) is 1. The van der Waals surface area contributed by atoms with Crippen LogP contribution in [0.1, 0.15) is 26.2 Å². The van der Waals surface area contributed by atoms with Crippen molar-refractivity contribution in [2.24, 2.45) is 5.92 Å². The Kier molecular flexibility index (Phi) is 5.05. The van der Waals surface area contributed by atoms with Gasteiger partial charge in [0.25, 0.3) is 0 Å². The number of piperidine rings is 1. The molecule has 0 saturated carbocycles. The number of hydrogen-bond acceptors (Lipinski definition) is 3. The molecule has 0 aromatic heterocycles. The lowest BCUT2D eigenvalue weighted by atomic mass is 10.0. The maximum absolute atomic E-state index is 11.7. The van der Waals surface area contributed by atoms with Crippen LogP contribution < -0.4 is 5.32 Å². The van der Waals surface area contributed by atoms with E-state index in [1.807, 2.05) is 6.92 Å². The molecule has 2 atom stereocenters. The molecule has 1 rings (SSSR count). The Morgan fingerprint density at radius 2 is 2.40 bits per heavy atom. The number of carbonyl (C=O) groups is 1. The monoisotopic (exact) mass is 214 g/mol.